The summed E-state index contributed by atoms with van der Waals surface area (Å²) in [5.74, 6) is -1.07. The number of phenols is 1. The van der Waals surface area contributed by atoms with Crippen LogP contribution in [0.3, 0.4) is 0 Å². The molecule has 9 heteroatoms. The third-order valence-electron chi connectivity index (χ3n) is 3.39. The van der Waals surface area contributed by atoms with Crippen molar-refractivity contribution in [2.24, 2.45) is 0 Å². The van der Waals surface area contributed by atoms with Crippen molar-refractivity contribution < 1.29 is 23.1 Å². The van der Waals surface area contributed by atoms with Crippen molar-refractivity contribution in [3.63, 3.8) is 0 Å². The van der Waals surface area contributed by atoms with E-state index in [4.69, 9.17) is 0 Å². The minimum Gasteiger partial charge on any atom is -0.507 e. The molecule has 0 radical (unpaired) electrons. The van der Waals surface area contributed by atoms with Crippen LogP contribution in [0.25, 0.3) is 10.9 Å². The maximum atomic E-state index is 12.5. The Morgan fingerprint density at radius 3 is 2.75 bits per heavy atom. The van der Waals surface area contributed by atoms with E-state index in [0.717, 1.165) is 19.2 Å². The van der Waals surface area contributed by atoms with Crippen molar-refractivity contribution in [1.29, 1.82) is 0 Å². The normalized spacial score (nSPS) is 11.4. The average molecular weight is 347 g/mol. The number of H-pyrrole nitrogens is 1. The molecule has 0 aliphatic carbocycles. The molecule has 3 rings (SSSR count). The molecule has 0 amide bonds. The van der Waals surface area contributed by atoms with Gasteiger partial charge in [0.05, 0.1) is 17.5 Å². The van der Waals surface area contributed by atoms with Gasteiger partial charge in [-0.05, 0) is 30.3 Å². The standard InChI is InChI=1S/C15H13N3O5S/c1-23-15(20)11-8-9(6-7-13(11)19)24(21,22)18-14-10-4-2-3-5-12(10)16-17-14/h2-8,19H,1H3,(H2,16,17,18). The fraction of sp³-hybridized carbons (Fsp3) is 0.0667. The summed E-state index contributed by atoms with van der Waals surface area (Å²) >= 11 is 0. The molecule has 0 spiro atoms. The first kappa shape index (κ1) is 15.8. The summed E-state index contributed by atoms with van der Waals surface area (Å²) in [5, 5.41) is 16.9. The number of carbonyl (C=O) groups is 1. The number of methoxy groups -OCH3 is 1. The zero-order chi connectivity index (χ0) is 17.3. The van der Waals surface area contributed by atoms with Crippen molar-refractivity contribution in [2.75, 3.05) is 11.8 Å². The monoisotopic (exact) mass is 347 g/mol. The van der Waals surface area contributed by atoms with E-state index in [2.05, 4.69) is 19.7 Å². The summed E-state index contributed by atoms with van der Waals surface area (Å²) in [6.45, 7) is 0. The van der Waals surface area contributed by atoms with Gasteiger partial charge in [0.15, 0.2) is 5.82 Å². The van der Waals surface area contributed by atoms with Crippen molar-refractivity contribution in [2.45, 2.75) is 4.90 Å². The number of carbonyl (C=O) groups excluding carboxylic acids is 1. The topological polar surface area (TPSA) is 121 Å². The van der Waals surface area contributed by atoms with Crippen LogP contribution in [0, 0.1) is 0 Å². The number of esters is 1. The zero-order valence-corrected chi connectivity index (χ0v) is 13.3. The Bertz CT molecular complexity index is 1030. The highest BCUT2D eigenvalue weighted by Crippen LogP contribution is 2.26. The van der Waals surface area contributed by atoms with Gasteiger partial charge in [-0.25, -0.2) is 13.2 Å². The van der Waals surface area contributed by atoms with Crippen molar-refractivity contribution >= 4 is 32.7 Å². The van der Waals surface area contributed by atoms with Gasteiger partial charge >= 0.3 is 5.97 Å². The highest BCUT2D eigenvalue weighted by Gasteiger charge is 2.21. The first-order valence-electron chi connectivity index (χ1n) is 6.79. The van der Waals surface area contributed by atoms with Gasteiger partial charge in [0.2, 0.25) is 0 Å². The Morgan fingerprint density at radius 1 is 1.25 bits per heavy atom. The highest BCUT2D eigenvalue weighted by molar-refractivity contribution is 7.92. The second-order valence-corrected chi connectivity index (χ2v) is 6.58. The number of aromatic amines is 1. The predicted octanol–water partition coefficient (Wildman–Crippen LogP) is 1.86. The van der Waals surface area contributed by atoms with Gasteiger partial charge in [-0.1, -0.05) is 12.1 Å². The number of aromatic hydroxyl groups is 1. The van der Waals surface area contributed by atoms with Gasteiger partial charge in [-0.15, -0.1) is 0 Å². The van der Waals surface area contributed by atoms with E-state index in [-0.39, 0.29) is 22.0 Å². The number of hydrogen-bond acceptors (Lipinski definition) is 6. The fourth-order valence-corrected chi connectivity index (χ4v) is 3.23. The average Bonchev–Trinajstić information content (AvgIpc) is 2.97. The summed E-state index contributed by atoms with van der Waals surface area (Å²) in [4.78, 5) is 11.4. The number of phenolic OH excluding ortho intramolecular Hbond substituents is 1. The molecule has 0 fully saturated rings. The van der Waals surface area contributed by atoms with E-state index in [0.29, 0.717) is 10.9 Å². The van der Waals surface area contributed by atoms with Crippen LogP contribution >= 0.6 is 0 Å². The number of sulfonamides is 1. The Morgan fingerprint density at radius 2 is 2.00 bits per heavy atom. The van der Waals surface area contributed by atoms with Crippen molar-refractivity contribution in [3.05, 3.63) is 48.0 Å². The highest BCUT2D eigenvalue weighted by atomic mass is 32.2. The molecule has 3 aromatic rings. The summed E-state index contributed by atoms with van der Waals surface area (Å²) in [6.07, 6.45) is 0. The molecule has 0 aliphatic rings. The van der Waals surface area contributed by atoms with E-state index >= 15 is 0 Å². The molecule has 0 atom stereocenters. The lowest BCUT2D eigenvalue weighted by molar-refractivity contribution is 0.0597. The number of ether oxygens (including phenoxy) is 1. The lowest BCUT2D eigenvalue weighted by Gasteiger charge is -2.08. The molecule has 124 valence electrons. The number of fused-ring (bicyclic) bond motifs is 1. The number of nitrogens with zero attached hydrogens (tertiary/aromatic N) is 1. The zero-order valence-electron chi connectivity index (χ0n) is 12.5. The number of hydrogen-bond donors (Lipinski definition) is 3. The Balaban J connectivity index is 2.01. The molecule has 2 aromatic carbocycles. The molecule has 3 N–H and O–H groups in total. The van der Waals surface area contributed by atoms with Gasteiger partial charge in [-0.2, -0.15) is 5.10 Å². The van der Waals surface area contributed by atoms with Crippen molar-refractivity contribution in [1.82, 2.24) is 10.2 Å². The largest absolute Gasteiger partial charge is 0.507 e. The minimum absolute atomic E-state index is 0.137. The Hall–Kier alpha value is -3.07. The molecule has 1 heterocycles. The molecular formula is C15H13N3O5S. The van der Waals surface area contributed by atoms with Gasteiger partial charge in [0, 0.05) is 5.39 Å². The first-order chi connectivity index (χ1) is 11.4. The van der Waals surface area contributed by atoms with Crippen LogP contribution in [-0.2, 0) is 14.8 Å². The van der Waals surface area contributed by atoms with E-state index in [9.17, 15) is 18.3 Å². The predicted molar refractivity (Wildman–Crippen MR) is 86.3 cm³/mol. The van der Waals surface area contributed by atoms with Crippen molar-refractivity contribution in [3.8, 4) is 5.75 Å². The first-order valence-corrected chi connectivity index (χ1v) is 8.28. The van der Waals surface area contributed by atoms with Crippen LogP contribution in [0.1, 0.15) is 10.4 Å². The lowest BCUT2D eigenvalue weighted by atomic mass is 10.2. The van der Waals surface area contributed by atoms with Crippen LogP contribution in [0.5, 0.6) is 5.75 Å². The molecule has 0 saturated heterocycles. The van der Waals surface area contributed by atoms with Gasteiger partial charge in [-0.3, -0.25) is 9.82 Å². The molecule has 0 aliphatic heterocycles. The van der Waals surface area contributed by atoms with E-state index in [1.54, 1.807) is 24.3 Å². The summed E-state index contributed by atoms with van der Waals surface area (Å²) in [5.41, 5.74) is 0.434. The smallest absolute Gasteiger partial charge is 0.341 e. The van der Waals surface area contributed by atoms with E-state index in [1.165, 1.54) is 6.07 Å². The van der Waals surface area contributed by atoms with E-state index in [1.807, 2.05) is 0 Å². The van der Waals surface area contributed by atoms with Gasteiger partial charge in [0.1, 0.15) is 11.3 Å². The summed E-state index contributed by atoms with van der Waals surface area (Å²) < 4.78 is 31.9. The maximum Gasteiger partial charge on any atom is 0.341 e. The van der Waals surface area contributed by atoms with Crippen LogP contribution in [0.15, 0.2) is 47.4 Å². The van der Waals surface area contributed by atoms with Gasteiger partial charge in [0.25, 0.3) is 10.0 Å². The Labute approximate surface area is 137 Å². The number of para-hydroxylation sites is 1. The number of benzene rings is 2. The summed E-state index contributed by atoms with van der Waals surface area (Å²) in [6, 6.07) is 10.4. The number of nitrogens with one attached hydrogen (secondary N) is 2. The van der Waals surface area contributed by atoms with Gasteiger partial charge < -0.3 is 9.84 Å². The Kier molecular flexibility index (Phi) is 3.86. The number of anilines is 1. The quantitative estimate of drug-likeness (QED) is 0.619. The second kappa shape index (κ2) is 5.85. The summed E-state index contributed by atoms with van der Waals surface area (Å²) in [7, 11) is -2.87. The van der Waals surface area contributed by atoms with E-state index < -0.39 is 16.0 Å². The third kappa shape index (κ3) is 2.76. The SMILES string of the molecule is COC(=O)c1cc(S(=O)(=O)Nc2n[nH]c3ccccc23)ccc1O. The minimum atomic E-state index is -4.01. The molecule has 1 aromatic heterocycles. The third-order valence-corrected chi connectivity index (χ3v) is 4.72. The second-order valence-electron chi connectivity index (χ2n) is 4.89. The van der Waals surface area contributed by atoms with Crippen LogP contribution < -0.4 is 4.72 Å². The molecule has 0 bridgehead atoms. The maximum absolute atomic E-state index is 12.5. The fourth-order valence-electron chi connectivity index (χ4n) is 2.18. The molecule has 0 saturated carbocycles. The molecule has 8 nitrogen and oxygen atoms in total. The molecule has 0 unspecified atom stereocenters. The molecular weight excluding hydrogens is 334 g/mol. The number of aromatic nitrogens is 2. The van der Waals surface area contributed by atoms with Crippen LogP contribution in [-0.4, -0.2) is 36.8 Å². The van der Waals surface area contributed by atoms with Crippen LogP contribution in [0.2, 0.25) is 0 Å². The molecule has 24 heavy (non-hydrogen) atoms. The lowest BCUT2D eigenvalue weighted by Crippen LogP contribution is -2.14. The number of rotatable bonds is 4. The van der Waals surface area contributed by atoms with Crippen LogP contribution in [0.4, 0.5) is 5.82 Å².